The van der Waals surface area contributed by atoms with E-state index < -0.39 is 35.2 Å². The van der Waals surface area contributed by atoms with Crippen LogP contribution in [0.1, 0.15) is 28.5 Å². The molecule has 0 fully saturated rings. The maximum absolute atomic E-state index is 13.0. The zero-order chi connectivity index (χ0) is 25.5. The Balaban J connectivity index is 1.59. The molecular formula is C22H17F3N6O4. The van der Waals surface area contributed by atoms with Crippen LogP contribution >= 0.6 is 0 Å². The highest BCUT2D eigenvalue weighted by atomic mass is 19.4. The molecule has 0 saturated heterocycles. The van der Waals surface area contributed by atoms with Gasteiger partial charge in [-0.15, -0.1) is 5.11 Å². The number of H-pyrrole nitrogens is 1. The van der Waals surface area contributed by atoms with Gasteiger partial charge in [0, 0.05) is 0 Å². The highest BCUT2D eigenvalue weighted by molar-refractivity contribution is 6.18. The topological polar surface area (TPSA) is 132 Å². The molecule has 1 aliphatic rings. The number of carbonyl (C=O) groups is 2. The number of aromatic amines is 1. The normalized spacial score (nSPS) is 16.3. The number of carboxylic acid groups (broad SMARTS) is 1. The van der Waals surface area contributed by atoms with Crippen molar-refractivity contribution < 1.29 is 27.9 Å². The van der Waals surface area contributed by atoms with Gasteiger partial charge in [0.15, 0.2) is 11.7 Å². The average Bonchev–Trinajstić information content (AvgIpc) is 3.26. The second-order valence-electron chi connectivity index (χ2n) is 7.64. The number of hydrogen-bond donors (Lipinski definition) is 2. The van der Waals surface area contributed by atoms with Crippen LogP contribution in [-0.4, -0.2) is 38.5 Å². The SMILES string of the molecule is CC1=NN(c2cccc(C(F)(F)F)c2)C(=O)C1N=Nc1c(C)[nH]n(-c2ccc(C(=O)O)cc2)c1=O. The number of azo groups is 1. The summed E-state index contributed by atoms with van der Waals surface area (Å²) in [6.07, 6.45) is -4.59. The lowest BCUT2D eigenvalue weighted by Gasteiger charge is -2.14. The summed E-state index contributed by atoms with van der Waals surface area (Å²) in [6.45, 7) is 3.03. The van der Waals surface area contributed by atoms with E-state index in [1.165, 1.54) is 43.3 Å². The fraction of sp³-hybridized carbons (Fsp3) is 0.182. The minimum Gasteiger partial charge on any atom is -0.478 e. The molecule has 1 amide bonds. The quantitative estimate of drug-likeness (QED) is 0.526. The first-order valence-electron chi connectivity index (χ1n) is 10.1. The number of rotatable bonds is 5. The number of aromatic nitrogens is 2. The molecule has 0 bridgehead atoms. The third-order valence-corrected chi connectivity index (χ3v) is 5.20. The first-order chi connectivity index (χ1) is 16.5. The minimum atomic E-state index is -4.59. The van der Waals surface area contributed by atoms with Crippen molar-refractivity contribution in [3.63, 3.8) is 0 Å². The molecule has 1 aliphatic heterocycles. The van der Waals surface area contributed by atoms with Crippen LogP contribution in [-0.2, 0) is 11.0 Å². The van der Waals surface area contributed by atoms with Gasteiger partial charge < -0.3 is 5.11 Å². The Labute approximate surface area is 195 Å². The van der Waals surface area contributed by atoms with Gasteiger partial charge in [0.2, 0.25) is 0 Å². The number of benzene rings is 2. The van der Waals surface area contributed by atoms with Crippen molar-refractivity contribution in [1.82, 2.24) is 9.78 Å². The Hall–Kier alpha value is -4.55. The smallest absolute Gasteiger partial charge is 0.416 e. The fourth-order valence-electron chi connectivity index (χ4n) is 3.39. The van der Waals surface area contributed by atoms with Crippen LogP contribution in [0.25, 0.3) is 5.69 Å². The molecule has 0 radical (unpaired) electrons. The number of alkyl halides is 3. The number of anilines is 1. The molecule has 2 heterocycles. The summed E-state index contributed by atoms with van der Waals surface area (Å²) in [5.41, 5.74) is -0.772. The maximum atomic E-state index is 13.0. The summed E-state index contributed by atoms with van der Waals surface area (Å²) < 4.78 is 40.2. The molecule has 10 nitrogen and oxygen atoms in total. The molecule has 2 N–H and O–H groups in total. The Bertz CT molecular complexity index is 1440. The zero-order valence-electron chi connectivity index (χ0n) is 18.2. The first-order valence-corrected chi connectivity index (χ1v) is 10.1. The van der Waals surface area contributed by atoms with Crippen LogP contribution in [0.5, 0.6) is 0 Å². The van der Waals surface area contributed by atoms with Crippen molar-refractivity contribution in [2.24, 2.45) is 15.3 Å². The van der Waals surface area contributed by atoms with Crippen molar-refractivity contribution in [3.8, 4) is 5.69 Å². The number of nitrogens with zero attached hydrogens (tertiary/aromatic N) is 5. The van der Waals surface area contributed by atoms with Gasteiger partial charge in [-0.3, -0.25) is 14.7 Å². The molecule has 180 valence electrons. The lowest BCUT2D eigenvalue weighted by Crippen LogP contribution is -2.30. The Kier molecular flexibility index (Phi) is 5.84. The third kappa shape index (κ3) is 4.47. The predicted molar refractivity (Wildman–Crippen MR) is 118 cm³/mol. The number of carbonyl (C=O) groups excluding carboxylic acids is 1. The number of hydrogen-bond acceptors (Lipinski definition) is 6. The maximum Gasteiger partial charge on any atom is 0.416 e. The second-order valence-corrected chi connectivity index (χ2v) is 7.64. The number of carboxylic acids is 1. The van der Waals surface area contributed by atoms with Gasteiger partial charge in [-0.2, -0.15) is 28.4 Å². The molecular weight excluding hydrogens is 469 g/mol. The van der Waals surface area contributed by atoms with Gasteiger partial charge in [0.25, 0.3) is 11.5 Å². The van der Waals surface area contributed by atoms with E-state index in [9.17, 15) is 27.6 Å². The molecule has 0 spiro atoms. The van der Waals surface area contributed by atoms with E-state index >= 15 is 0 Å². The lowest BCUT2D eigenvalue weighted by molar-refractivity contribution is -0.137. The molecule has 0 saturated carbocycles. The Morgan fingerprint density at radius 3 is 2.40 bits per heavy atom. The summed E-state index contributed by atoms with van der Waals surface area (Å²) >= 11 is 0. The van der Waals surface area contributed by atoms with Crippen molar-refractivity contribution in [2.45, 2.75) is 26.1 Å². The number of aromatic carboxylic acids is 1. The van der Waals surface area contributed by atoms with Crippen molar-refractivity contribution >= 4 is 29.0 Å². The van der Waals surface area contributed by atoms with Crippen molar-refractivity contribution in [1.29, 1.82) is 0 Å². The number of aryl methyl sites for hydroxylation is 1. The van der Waals surface area contributed by atoms with E-state index in [2.05, 4.69) is 20.4 Å². The van der Waals surface area contributed by atoms with E-state index in [1.54, 1.807) is 6.92 Å². The molecule has 4 rings (SSSR count). The number of amides is 1. The summed E-state index contributed by atoms with van der Waals surface area (Å²) in [7, 11) is 0. The van der Waals surface area contributed by atoms with Gasteiger partial charge in [0.05, 0.1) is 33.9 Å². The Morgan fingerprint density at radius 2 is 1.77 bits per heavy atom. The van der Waals surface area contributed by atoms with Crippen molar-refractivity contribution in [3.05, 3.63) is 75.7 Å². The monoisotopic (exact) mass is 486 g/mol. The summed E-state index contributed by atoms with van der Waals surface area (Å²) in [5.74, 6) is -1.83. The lowest BCUT2D eigenvalue weighted by atomic mass is 10.1. The van der Waals surface area contributed by atoms with Crippen LogP contribution in [0, 0.1) is 6.92 Å². The molecule has 1 atom stereocenters. The number of hydrazone groups is 1. The summed E-state index contributed by atoms with van der Waals surface area (Å²) in [4.78, 5) is 36.7. The van der Waals surface area contributed by atoms with Crippen LogP contribution in [0.15, 0.2) is 68.7 Å². The summed E-state index contributed by atoms with van der Waals surface area (Å²) in [6, 6.07) is 8.49. The first kappa shape index (κ1) is 23.6. The molecule has 1 aromatic heterocycles. The summed E-state index contributed by atoms with van der Waals surface area (Å²) in [5, 5.41) is 24.5. The zero-order valence-corrected chi connectivity index (χ0v) is 18.2. The van der Waals surface area contributed by atoms with Gasteiger partial charge in [0.1, 0.15) is 0 Å². The van der Waals surface area contributed by atoms with Gasteiger partial charge in [-0.1, -0.05) is 6.07 Å². The van der Waals surface area contributed by atoms with E-state index in [-0.39, 0.29) is 22.6 Å². The fourth-order valence-corrected chi connectivity index (χ4v) is 3.39. The highest BCUT2D eigenvalue weighted by Crippen LogP contribution is 2.33. The Morgan fingerprint density at radius 1 is 1.09 bits per heavy atom. The molecule has 13 heteroatoms. The van der Waals surface area contributed by atoms with E-state index in [1.807, 2.05) is 0 Å². The van der Waals surface area contributed by atoms with Crippen molar-refractivity contribution in [2.75, 3.05) is 5.01 Å². The minimum absolute atomic E-state index is 0.0461. The third-order valence-electron chi connectivity index (χ3n) is 5.20. The highest BCUT2D eigenvalue weighted by Gasteiger charge is 2.37. The van der Waals surface area contributed by atoms with Gasteiger partial charge in [-0.05, 0) is 56.3 Å². The largest absolute Gasteiger partial charge is 0.478 e. The number of halogens is 3. The van der Waals surface area contributed by atoms with Crippen LogP contribution in [0.4, 0.5) is 24.5 Å². The van der Waals surface area contributed by atoms with Crippen LogP contribution in [0.2, 0.25) is 0 Å². The van der Waals surface area contributed by atoms with Crippen LogP contribution in [0.3, 0.4) is 0 Å². The molecule has 35 heavy (non-hydrogen) atoms. The number of nitrogens with one attached hydrogen (secondary N) is 1. The van der Waals surface area contributed by atoms with Gasteiger partial charge >= 0.3 is 12.1 Å². The van der Waals surface area contributed by atoms with Gasteiger partial charge in [-0.25, -0.2) is 9.48 Å². The molecule has 3 aromatic rings. The standard InChI is InChI=1S/C22H17F3N6O4/c1-11-17(19(32)30(28-11)15-8-6-13(7-9-15)21(34)35)26-27-18-12(2)29-31(20(18)33)16-5-3-4-14(10-16)22(23,24)25/h3-10,18,28H,1-2H3,(H,34,35). The molecule has 1 unspecified atom stereocenters. The molecule has 0 aliphatic carbocycles. The second kappa shape index (κ2) is 8.66. The average molecular weight is 486 g/mol. The predicted octanol–water partition coefficient (Wildman–Crippen LogP) is 4.07. The van der Waals surface area contributed by atoms with Crippen LogP contribution < -0.4 is 10.6 Å². The van der Waals surface area contributed by atoms with E-state index in [4.69, 9.17) is 5.11 Å². The molecule has 2 aromatic carbocycles. The van der Waals surface area contributed by atoms with E-state index in [0.29, 0.717) is 11.4 Å². The van der Waals surface area contributed by atoms with E-state index in [0.717, 1.165) is 21.8 Å².